The maximum absolute atomic E-state index is 11.5. The van der Waals surface area contributed by atoms with Crippen molar-refractivity contribution in [1.82, 2.24) is 10.2 Å². The van der Waals surface area contributed by atoms with Gasteiger partial charge in [0, 0.05) is 19.0 Å². The second kappa shape index (κ2) is 7.36. The van der Waals surface area contributed by atoms with Crippen molar-refractivity contribution in [1.29, 1.82) is 0 Å². The second-order valence-electron chi connectivity index (χ2n) is 4.78. The first kappa shape index (κ1) is 15.0. The molecule has 1 unspecified atom stereocenters. The fourth-order valence-corrected chi connectivity index (χ4v) is 2.40. The summed E-state index contributed by atoms with van der Waals surface area (Å²) in [6.07, 6.45) is 2.16. The molecule has 1 atom stereocenters. The molecule has 0 saturated carbocycles. The molecule has 1 rings (SSSR count). The van der Waals surface area contributed by atoms with Crippen molar-refractivity contribution in [3.63, 3.8) is 0 Å². The zero-order valence-electron chi connectivity index (χ0n) is 11.6. The summed E-state index contributed by atoms with van der Waals surface area (Å²) in [6, 6.07) is 0.190. The Hall–Kier alpha value is -1.10. The molecule has 1 N–H and O–H groups in total. The van der Waals surface area contributed by atoms with E-state index in [1.54, 1.807) is 7.05 Å². The molecule has 5 heteroatoms. The Labute approximate surface area is 109 Å². The van der Waals surface area contributed by atoms with Gasteiger partial charge in [-0.15, -0.1) is 0 Å². The van der Waals surface area contributed by atoms with E-state index in [-0.39, 0.29) is 23.8 Å². The van der Waals surface area contributed by atoms with Gasteiger partial charge in [0.05, 0.1) is 13.0 Å². The highest BCUT2D eigenvalue weighted by atomic mass is 16.5. The van der Waals surface area contributed by atoms with Crippen molar-refractivity contribution < 1.29 is 14.3 Å². The maximum Gasteiger partial charge on any atom is 0.307 e. The van der Waals surface area contributed by atoms with Gasteiger partial charge < -0.3 is 15.0 Å². The van der Waals surface area contributed by atoms with Crippen LogP contribution in [0.15, 0.2) is 0 Å². The average molecular weight is 256 g/mol. The van der Waals surface area contributed by atoms with Crippen LogP contribution in [0.25, 0.3) is 0 Å². The number of hydrogen-bond donors (Lipinski definition) is 1. The van der Waals surface area contributed by atoms with Crippen LogP contribution in [0.2, 0.25) is 0 Å². The van der Waals surface area contributed by atoms with E-state index in [9.17, 15) is 9.59 Å². The predicted octanol–water partition coefficient (Wildman–Crippen LogP) is 0.786. The maximum atomic E-state index is 11.5. The minimum atomic E-state index is -0.140. The van der Waals surface area contributed by atoms with E-state index in [0.717, 1.165) is 25.9 Å². The molecule has 1 amide bonds. The van der Waals surface area contributed by atoms with Gasteiger partial charge in [-0.3, -0.25) is 9.59 Å². The third-order valence-electron chi connectivity index (χ3n) is 3.54. The van der Waals surface area contributed by atoms with E-state index < -0.39 is 0 Å². The largest absolute Gasteiger partial charge is 0.466 e. The van der Waals surface area contributed by atoms with Crippen molar-refractivity contribution in [3.05, 3.63) is 0 Å². The van der Waals surface area contributed by atoms with Gasteiger partial charge in [-0.1, -0.05) is 0 Å². The predicted molar refractivity (Wildman–Crippen MR) is 69.1 cm³/mol. The number of amides is 1. The van der Waals surface area contributed by atoms with Gasteiger partial charge >= 0.3 is 5.97 Å². The summed E-state index contributed by atoms with van der Waals surface area (Å²) in [5.41, 5.74) is 0. The molecule has 0 aliphatic carbocycles. The highest BCUT2D eigenvalue weighted by Gasteiger charge is 2.27. The van der Waals surface area contributed by atoms with Gasteiger partial charge in [0.1, 0.15) is 0 Å². The van der Waals surface area contributed by atoms with Gasteiger partial charge in [0.2, 0.25) is 5.91 Å². The summed E-state index contributed by atoms with van der Waals surface area (Å²) in [7, 11) is 1.68. The molecular weight excluding hydrogens is 232 g/mol. The Bertz CT molecular complexity index is 286. The summed E-state index contributed by atoms with van der Waals surface area (Å²) in [6.45, 7) is 6.04. The molecule has 0 bridgehead atoms. The fraction of sp³-hybridized carbons (Fsp3) is 0.846. The number of carbonyl (C=O) groups is 2. The van der Waals surface area contributed by atoms with Crippen LogP contribution in [0.1, 0.15) is 33.1 Å². The molecule has 1 heterocycles. The quantitative estimate of drug-likeness (QED) is 0.739. The van der Waals surface area contributed by atoms with Crippen LogP contribution in [0.5, 0.6) is 0 Å². The van der Waals surface area contributed by atoms with Crippen LogP contribution >= 0.6 is 0 Å². The Morgan fingerprint density at radius 2 is 2.00 bits per heavy atom. The van der Waals surface area contributed by atoms with Gasteiger partial charge in [0.25, 0.3) is 0 Å². The number of carbonyl (C=O) groups excluding carboxylic acids is 2. The molecule has 5 nitrogen and oxygen atoms in total. The molecule has 1 saturated heterocycles. The number of rotatable bonds is 5. The van der Waals surface area contributed by atoms with Gasteiger partial charge in [-0.25, -0.2) is 0 Å². The van der Waals surface area contributed by atoms with E-state index >= 15 is 0 Å². The lowest BCUT2D eigenvalue weighted by Crippen LogP contribution is -2.44. The number of piperidine rings is 1. The highest BCUT2D eigenvalue weighted by molar-refractivity contribution is 5.78. The number of likely N-dealkylation sites (tertiary alicyclic amines) is 1. The topological polar surface area (TPSA) is 58.6 Å². The second-order valence-corrected chi connectivity index (χ2v) is 4.78. The molecular formula is C13H24N2O3. The molecule has 0 aromatic rings. The van der Waals surface area contributed by atoms with E-state index in [1.807, 2.05) is 13.8 Å². The lowest BCUT2D eigenvalue weighted by atomic mass is 9.95. The normalized spacial score (nSPS) is 19.3. The third kappa shape index (κ3) is 4.29. The van der Waals surface area contributed by atoms with Crippen molar-refractivity contribution in [2.45, 2.75) is 39.2 Å². The molecule has 0 aromatic carbocycles. The Kier molecular flexibility index (Phi) is 6.12. The summed E-state index contributed by atoms with van der Waals surface area (Å²) >= 11 is 0. The number of nitrogens with zero attached hydrogens (tertiary/aromatic N) is 1. The third-order valence-corrected chi connectivity index (χ3v) is 3.54. The molecule has 0 aromatic heterocycles. The first-order valence-electron chi connectivity index (χ1n) is 6.69. The van der Waals surface area contributed by atoms with Crippen molar-refractivity contribution in [2.75, 3.05) is 26.7 Å². The van der Waals surface area contributed by atoms with Crippen LogP contribution < -0.4 is 5.32 Å². The number of nitrogens with one attached hydrogen (secondary N) is 1. The molecule has 104 valence electrons. The van der Waals surface area contributed by atoms with Gasteiger partial charge in [-0.05, 0) is 39.8 Å². The Morgan fingerprint density at radius 3 is 2.50 bits per heavy atom. The number of esters is 1. The minimum absolute atomic E-state index is 0.126. The van der Waals surface area contributed by atoms with Crippen LogP contribution in [-0.4, -0.2) is 49.6 Å². The molecule has 1 aliphatic heterocycles. The fourth-order valence-electron chi connectivity index (χ4n) is 2.40. The van der Waals surface area contributed by atoms with Crippen LogP contribution in [0, 0.1) is 5.92 Å². The summed E-state index contributed by atoms with van der Waals surface area (Å²) in [5.74, 6) is 0.118. The minimum Gasteiger partial charge on any atom is -0.466 e. The van der Waals surface area contributed by atoms with Crippen molar-refractivity contribution >= 4 is 11.9 Å². The highest BCUT2D eigenvalue weighted by Crippen LogP contribution is 2.20. The lowest BCUT2D eigenvalue weighted by Gasteiger charge is -2.35. The van der Waals surface area contributed by atoms with E-state index in [1.165, 1.54) is 0 Å². The monoisotopic (exact) mass is 256 g/mol. The molecule has 18 heavy (non-hydrogen) atoms. The van der Waals surface area contributed by atoms with E-state index in [0.29, 0.717) is 13.0 Å². The SMILES string of the molecule is CCOC(=O)CC(C)N1CCC(C(=O)NC)CC1. The number of hydrogen-bond acceptors (Lipinski definition) is 4. The Morgan fingerprint density at radius 1 is 1.39 bits per heavy atom. The summed E-state index contributed by atoms with van der Waals surface area (Å²) < 4.78 is 4.95. The zero-order valence-corrected chi connectivity index (χ0v) is 11.6. The van der Waals surface area contributed by atoms with Crippen molar-refractivity contribution in [2.24, 2.45) is 5.92 Å². The van der Waals surface area contributed by atoms with Crippen molar-refractivity contribution in [3.8, 4) is 0 Å². The first-order valence-corrected chi connectivity index (χ1v) is 6.69. The standard InChI is InChI=1S/C13H24N2O3/c1-4-18-12(16)9-10(2)15-7-5-11(6-8-15)13(17)14-3/h10-11H,4-9H2,1-3H3,(H,14,17). The van der Waals surface area contributed by atoms with E-state index in [4.69, 9.17) is 4.74 Å². The molecule has 0 radical (unpaired) electrons. The molecule has 0 spiro atoms. The van der Waals surface area contributed by atoms with Gasteiger partial charge in [0.15, 0.2) is 0 Å². The van der Waals surface area contributed by atoms with Crippen LogP contribution in [-0.2, 0) is 14.3 Å². The lowest BCUT2D eigenvalue weighted by molar-refractivity contribution is -0.144. The average Bonchev–Trinajstić information content (AvgIpc) is 2.38. The van der Waals surface area contributed by atoms with E-state index in [2.05, 4.69) is 10.2 Å². The summed E-state index contributed by atoms with van der Waals surface area (Å²) in [5, 5.41) is 2.70. The smallest absolute Gasteiger partial charge is 0.307 e. The summed E-state index contributed by atoms with van der Waals surface area (Å²) in [4.78, 5) is 25.2. The molecule has 1 fully saturated rings. The first-order chi connectivity index (χ1) is 8.58. The number of ether oxygens (including phenoxy) is 1. The van der Waals surface area contributed by atoms with Gasteiger partial charge in [-0.2, -0.15) is 0 Å². The Balaban J connectivity index is 2.33. The zero-order chi connectivity index (χ0) is 13.5. The molecule has 1 aliphatic rings. The van der Waals surface area contributed by atoms with Crippen LogP contribution in [0.4, 0.5) is 0 Å². The van der Waals surface area contributed by atoms with Crippen LogP contribution in [0.3, 0.4) is 0 Å².